The maximum absolute atomic E-state index is 12.9. The van der Waals surface area contributed by atoms with E-state index in [-0.39, 0.29) is 11.6 Å². The molecule has 1 amide bonds. The second kappa shape index (κ2) is 9.22. The normalized spacial score (nSPS) is 21.2. The maximum atomic E-state index is 12.9. The summed E-state index contributed by atoms with van der Waals surface area (Å²) in [5.74, 6) is 2.24. The van der Waals surface area contributed by atoms with E-state index in [0.29, 0.717) is 24.4 Å². The number of hydrogen-bond donors (Lipinski definition) is 0. The summed E-state index contributed by atoms with van der Waals surface area (Å²) >= 11 is 0. The molecule has 3 aliphatic rings. The van der Waals surface area contributed by atoms with E-state index in [0.717, 1.165) is 76.9 Å². The first-order valence-electron chi connectivity index (χ1n) is 12.3. The average Bonchev–Trinajstić information content (AvgIpc) is 3.61. The number of aryl methyl sites for hydroxylation is 1. The van der Waals surface area contributed by atoms with E-state index in [4.69, 9.17) is 0 Å². The molecule has 0 bridgehead atoms. The third-order valence-corrected chi connectivity index (χ3v) is 7.54. The summed E-state index contributed by atoms with van der Waals surface area (Å²) in [7, 11) is 1.75. The summed E-state index contributed by atoms with van der Waals surface area (Å²) in [4.78, 5) is 29.7. The highest BCUT2D eigenvalue weighted by atomic mass is 16.2. The molecule has 7 heteroatoms. The van der Waals surface area contributed by atoms with Gasteiger partial charge in [-0.3, -0.25) is 14.3 Å². The number of benzene rings is 1. The number of nitrogens with zero attached hydrogens (tertiary/aromatic N) is 5. The van der Waals surface area contributed by atoms with Crippen LogP contribution >= 0.6 is 0 Å². The molecular weight excluding hydrogens is 402 g/mol. The minimum absolute atomic E-state index is 0.0239. The number of likely N-dealkylation sites (tertiary alicyclic amines) is 2. The van der Waals surface area contributed by atoms with Crippen molar-refractivity contribution in [2.24, 2.45) is 13.0 Å². The van der Waals surface area contributed by atoms with Crippen LogP contribution in [0.1, 0.15) is 61.9 Å². The van der Waals surface area contributed by atoms with E-state index < -0.39 is 0 Å². The Morgan fingerprint density at radius 1 is 0.969 bits per heavy atom. The molecule has 0 N–H and O–H groups in total. The quantitative estimate of drug-likeness (QED) is 0.697. The molecule has 172 valence electrons. The molecule has 7 nitrogen and oxygen atoms in total. The van der Waals surface area contributed by atoms with Crippen LogP contribution in [-0.4, -0.2) is 62.8 Å². The van der Waals surface area contributed by atoms with Gasteiger partial charge >= 0.3 is 5.69 Å². The molecule has 2 saturated heterocycles. The van der Waals surface area contributed by atoms with Crippen molar-refractivity contribution in [1.29, 1.82) is 0 Å². The number of carbonyl (C=O) groups is 1. The van der Waals surface area contributed by atoms with Crippen LogP contribution in [0, 0.1) is 5.92 Å². The van der Waals surface area contributed by atoms with Gasteiger partial charge in [0.15, 0.2) is 0 Å². The van der Waals surface area contributed by atoms with Crippen LogP contribution in [0.3, 0.4) is 0 Å². The van der Waals surface area contributed by atoms with Crippen molar-refractivity contribution < 1.29 is 4.79 Å². The van der Waals surface area contributed by atoms with Crippen LogP contribution in [-0.2, 0) is 18.3 Å². The van der Waals surface area contributed by atoms with Crippen LogP contribution in [0.4, 0.5) is 0 Å². The SMILES string of the molecule is Cn1nc(C2CCN(CC(=O)N3CCC(Cc4ccccc4)CC3)CC2)n(C2CC2)c1=O. The summed E-state index contributed by atoms with van der Waals surface area (Å²) in [5.41, 5.74) is 1.43. The maximum Gasteiger partial charge on any atom is 0.345 e. The summed E-state index contributed by atoms with van der Waals surface area (Å²) in [6, 6.07) is 11.0. The molecule has 1 saturated carbocycles. The lowest BCUT2D eigenvalue weighted by atomic mass is 9.90. The summed E-state index contributed by atoms with van der Waals surface area (Å²) in [6.45, 7) is 4.09. The summed E-state index contributed by atoms with van der Waals surface area (Å²) in [6.07, 6.45) is 7.44. The van der Waals surface area contributed by atoms with Crippen molar-refractivity contribution in [3.63, 3.8) is 0 Å². The van der Waals surface area contributed by atoms with Gasteiger partial charge in [0.05, 0.1) is 6.54 Å². The topological polar surface area (TPSA) is 63.4 Å². The van der Waals surface area contributed by atoms with Gasteiger partial charge in [0.1, 0.15) is 5.82 Å². The Hall–Kier alpha value is -2.41. The third kappa shape index (κ3) is 4.68. The van der Waals surface area contributed by atoms with E-state index >= 15 is 0 Å². The fraction of sp³-hybridized carbons (Fsp3) is 0.640. The zero-order chi connectivity index (χ0) is 22.1. The van der Waals surface area contributed by atoms with Gasteiger partial charge in [-0.25, -0.2) is 9.48 Å². The minimum atomic E-state index is 0.0239. The summed E-state index contributed by atoms with van der Waals surface area (Å²) in [5, 5.41) is 4.56. The Labute approximate surface area is 190 Å². The van der Waals surface area contributed by atoms with E-state index in [9.17, 15) is 9.59 Å². The Balaban J connectivity index is 1.09. The van der Waals surface area contributed by atoms with Gasteiger partial charge in [0.2, 0.25) is 5.91 Å². The molecule has 0 unspecified atom stereocenters. The number of hydrogen-bond acceptors (Lipinski definition) is 4. The van der Waals surface area contributed by atoms with Crippen molar-refractivity contribution in [3.05, 3.63) is 52.2 Å². The number of amides is 1. The van der Waals surface area contributed by atoms with Gasteiger partial charge in [-0.05, 0) is 69.5 Å². The molecule has 1 aromatic carbocycles. The molecule has 1 aromatic heterocycles. The second-order valence-electron chi connectivity index (χ2n) is 9.93. The molecule has 3 fully saturated rings. The molecule has 0 spiro atoms. The standard InChI is InChI=1S/C25H35N5O2/c1-27-25(32)30(22-7-8-22)24(26-27)21-11-13-28(14-12-21)18-23(31)29-15-9-20(10-16-29)17-19-5-3-2-4-6-19/h2-6,20-22H,7-18H2,1H3. The number of piperidine rings is 2. The van der Waals surface area contributed by atoms with Gasteiger partial charge in [0, 0.05) is 32.1 Å². The number of aromatic nitrogens is 3. The number of carbonyl (C=O) groups excluding carboxylic acids is 1. The predicted molar refractivity (Wildman–Crippen MR) is 124 cm³/mol. The number of rotatable bonds is 6. The fourth-order valence-electron chi connectivity index (χ4n) is 5.43. The monoisotopic (exact) mass is 437 g/mol. The molecular formula is C25H35N5O2. The van der Waals surface area contributed by atoms with E-state index in [1.807, 2.05) is 4.57 Å². The Kier molecular flexibility index (Phi) is 6.17. The van der Waals surface area contributed by atoms with Gasteiger partial charge in [-0.2, -0.15) is 5.10 Å². The first kappa shape index (κ1) is 21.4. The molecule has 5 rings (SSSR count). The molecule has 0 atom stereocenters. The zero-order valence-corrected chi connectivity index (χ0v) is 19.2. The van der Waals surface area contributed by atoms with Crippen molar-refractivity contribution in [3.8, 4) is 0 Å². The van der Waals surface area contributed by atoms with Gasteiger partial charge in [-0.15, -0.1) is 0 Å². The van der Waals surface area contributed by atoms with Gasteiger partial charge in [0.25, 0.3) is 0 Å². The second-order valence-corrected chi connectivity index (χ2v) is 9.93. The van der Waals surface area contributed by atoms with Crippen LogP contribution in [0.25, 0.3) is 0 Å². The average molecular weight is 438 g/mol. The van der Waals surface area contributed by atoms with Crippen LogP contribution in [0.5, 0.6) is 0 Å². The highest BCUT2D eigenvalue weighted by molar-refractivity contribution is 5.78. The van der Waals surface area contributed by atoms with Gasteiger partial charge < -0.3 is 4.90 Å². The van der Waals surface area contributed by atoms with Crippen LogP contribution in [0.15, 0.2) is 35.1 Å². The first-order chi connectivity index (χ1) is 15.6. The Morgan fingerprint density at radius 3 is 2.31 bits per heavy atom. The predicted octanol–water partition coefficient (Wildman–Crippen LogP) is 2.58. The molecule has 2 aromatic rings. The van der Waals surface area contributed by atoms with Crippen molar-refractivity contribution in [2.75, 3.05) is 32.7 Å². The highest BCUT2D eigenvalue weighted by Gasteiger charge is 2.34. The van der Waals surface area contributed by atoms with E-state index in [2.05, 4.69) is 45.2 Å². The largest absolute Gasteiger partial charge is 0.345 e. The Bertz CT molecular complexity index is 978. The molecule has 1 aliphatic carbocycles. The molecule has 3 heterocycles. The lowest BCUT2D eigenvalue weighted by Crippen LogP contribution is -2.46. The minimum Gasteiger partial charge on any atom is -0.342 e. The Morgan fingerprint density at radius 2 is 1.66 bits per heavy atom. The lowest BCUT2D eigenvalue weighted by molar-refractivity contribution is -0.134. The van der Waals surface area contributed by atoms with Crippen molar-refractivity contribution >= 4 is 5.91 Å². The fourth-order valence-corrected chi connectivity index (χ4v) is 5.43. The zero-order valence-electron chi connectivity index (χ0n) is 19.2. The van der Waals surface area contributed by atoms with Crippen molar-refractivity contribution in [1.82, 2.24) is 24.1 Å². The first-order valence-corrected chi connectivity index (χ1v) is 12.3. The van der Waals surface area contributed by atoms with E-state index in [1.165, 1.54) is 10.2 Å². The smallest absolute Gasteiger partial charge is 0.342 e. The van der Waals surface area contributed by atoms with E-state index in [1.54, 1.807) is 7.05 Å². The van der Waals surface area contributed by atoms with Crippen LogP contribution < -0.4 is 5.69 Å². The highest BCUT2D eigenvalue weighted by Crippen LogP contribution is 2.37. The third-order valence-electron chi connectivity index (χ3n) is 7.54. The molecule has 32 heavy (non-hydrogen) atoms. The van der Waals surface area contributed by atoms with Crippen LogP contribution in [0.2, 0.25) is 0 Å². The summed E-state index contributed by atoms with van der Waals surface area (Å²) < 4.78 is 3.43. The van der Waals surface area contributed by atoms with Gasteiger partial charge in [-0.1, -0.05) is 30.3 Å². The molecule has 0 radical (unpaired) electrons. The lowest BCUT2D eigenvalue weighted by Gasteiger charge is -2.35. The van der Waals surface area contributed by atoms with Crippen molar-refractivity contribution in [2.45, 2.75) is 56.9 Å². The molecule has 2 aliphatic heterocycles.